The van der Waals surface area contributed by atoms with Gasteiger partial charge in [0.05, 0.1) is 0 Å². The van der Waals surface area contributed by atoms with Crippen LogP contribution in [0.15, 0.2) is 24.4 Å². The smallest absolute Gasteiger partial charge is 0.322 e. The molecular weight excluding hydrogens is 226 g/mol. The molecule has 1 heterocycles. The number of aryl methyl sites for hydroxylation is 2. The number of hydrogen-bond donors (Lipinski definition) is 1. The zero-order valence-electron chi connectivity index (χ0n) is 10.9. The standard InChI is InChI=1S/C14H17N3O/c1-9-5-4-6-13(10(9)2)18-14-16-8-12(7-15)11(3)17-14/h4-6,8H,7,15H2,1-3H3. The van der Waals surface area contributed by atoms with Crippen LogP contribution in [-0.4, -0.2) is 9.97 Å². The molecule has 4 nitrogen and oxygen atoms in total. The summed E-state index contributed by atoms with van der Waals surface area (Å²) in [5, 5.41) is 0. The van der Waals surface area contributed by atoms with Crippen LogP contribution in [-0.2, 0) is 6.54 Å². The number of benzene rings is 1. The number of rotatable bonds is 3. The van der Waals surface area contributed by atoms with Crippen LogP contribution >= 0.6 is 0 Å². The van der Waals surface area contributed by atoms with Gasteiger partial charge in [0, 0.05) is 24.0 Å². The van der Waals surface area contributed by atoms with E-state index in [9.17, 15) is 0 Å². The van der Waals surface area contributed by atoms with E-state index in [1.807, 2.05) is 39.0 Å². The van der Waals surface area contributed by atoms with Gasteiger partial charge in [0.25, 0.3) is 0 Å². The quantitative estimate of drug-likeness (QED) is 0.900. The maximum Gasteiger partial charge on any atom is 0.322 e. The Kier molecular flexibility index (Phi) is 3.58. The van der Waals surface area contributed by atoms with Crippen molar-refractivity contribution in [1.29, 1.82) is 0 Å². The molecule has 4 heteroatoms. The molecule has 2 rings (SSSR count). The summed E-state index contributed by atoms with van der Waals surface area (Å²) in [6.45, 7) is 6.41. The van der Waals surface area contributed by atoms with Gasteiger partial charge in [-0.2, -0.15) is 4.98 Å². The van der Waals surface area contributed by atoms with E-state index in [0.717, 1.165) is 22.6 Å². The second kappa shape index (κ2) is 5.14. The third-order valence-electron chi connectivity index (χ3n) is 3.03. The van der Waals surface area contributed by atoms with Crippen LogP contribution in [0.25, 0.3) is 0 Å². The Morgan fingerprint density at radius 3 is 2.67 bits per heavy atom. The lowest BCUT2D eigenvalue weighted by atomic mass is 10.1. The van der Waals surface area contributed by atoms with Gasteiger partial charge in [-0.1, -0.05) is 12.1 Å². The fourth-order valence-electron chi connectivity index (χ4n) is 1.65. The van der Waals surface area contributed by atoms with E-state index in [-0.39, 0.29) is 0 Å². The molecule has 0 amide bonds. The molecule has 0 bridgehead atoms. The fourth-order valence-corrected chi connectivity index (χ4v) is 1.65. The summed E-state index contributed by atoms with van der Waals surface area (Å²) in [6.07, 6.45) is 1.71. The Bertz CT molecular complexity index is 567. The highest BCUT2D eigenvalue weighted by atomic mass is 16.5. The van der Waals surface area contributed by atoms with Crippen molar-refractivity contribution >= 4 is 0 Å². The minimum Gasteiger partial charge on any atom is -0.424 e. The number of nitrogens with two attached hydrogens (primary N) is 1. The summed E-state index contributed by atoms with van der Waals surface area (Å²) >= 11 is 0. The molecule has 18 heavy (non-hydrogen) atoms. The molecule has 94 valence electrons. The Hall–Kier alpha value is -1.94. The van der Waals surface area contributed by atoms with Crippen molar-refractivity contribution < 1.29 is 4.74 Å². The molecule has 0 aliphatic heterocycles. The number of aromatic nitrogens is 2. The monoisotopic (exact) mass is 243 g/mol. The van der Waals surface area contributed by atoms with Crippen molar-refractivity contribution in [2.45, 2.75) is 27.3 Å². The average molecular weight is 243 g/mol. The highest BCUT2D eigenvalue weighted by Crippen LogP contribution is 2.24. The second-order valence-corrected chi connectivity index (χ2v) is 4.27. The molecule has 0 unspecified atom stereocenters. The van der Waals surface area contributed by atoms with E-state index >= 15 is 0 Å². The van der Waals surface area contributed by atoms with Crippen molar-refractivity contribution in [3.05, 3.63) is 46.8 Å². The maximum atomic E-state index is 5.71. The summed E-state index contributed by atoms with van der Waals surface area (Å²) in [6, 6.07) is 6.28. The first-order valence-electron chi connectivity index (χ1n) is 5.88. The molecule has 0 atom stereocenters. The molecule has 0 saturated carbocycles. The Morgan fingerprint density at radius 1 is 1.22 bits per heavy atom. The normalized spacial score (nSPS) is 10.4. The summed E-state index contributed by atoms with van der Waals surface area (Å²) in [7, 11) is 0. The largest absolute Gasteiger partial charge is 0.424 e. The fraction of sp³-hybridized carbons (Fsp3) is 0.286. The molecule has 0 fully saturated rings. The molecule has 1 aromatic carbocycles. The van der Waals surface area contributed by atoms with Crippen molar-refractivity contribution in [1.82, 2.24) is 9.97 Å². The van der Waals surface area contributed by atoms with Gasteiger partial charge in [-0.25, -0.2) is 4.98 Å². The van der Waals surface area contributed by atoms with Crippen LogP contribution in [0, 0.1) is 20.8 Å². The van der Waals surface area contributed by atoms with Crippen LogP contribution in [0.5, 0.6) is 11.8 Å². The van der Waals surface area contributed by atoms with E-state index in [2.05, 4.69) is 9.97 Å². The summed E-state index contributed by atoms with van der Waals surface area (Å²) < 4.78 is 5.71. The predicted octanol–water partition coefficient (Wildman–Crippen LogP) is 2.65. The summed E-state index contributed by atoms with van der Waals surface area (Å²) in [5.74, 6) is 0.787. The van der Waals surface area contributed by atoms with Gasteiger partial charge >= 0.3 is 6.01 Å². The molecular formula is C14H17N3O. The van der Waals surface area contributed by atoms with E-state index < -0.39 is 0 Å². The highest BCUT2D eigenvalue weighted by molar-refractivity contribution is 5.39. The lowest BCUT2D eigenvalue weighted by molar-refractivity contribution is 0.436. The van der Waals surface area contributed by atoms with Crippen molar-refractivity contribution in [2.24, 2.45) is 5.73 Å². The van der Waals surface area contributed by atoms with Crippen LogP contribution in [0.2, 0.25) is 0 Å². The van der Waals surface area contributed by atoms with Crippen molar-refractivity contribution in [2.75, 3.05) is 0 Å². The van der Waals surface area contributed by atoms with E-state index in [1.165, 1.54) is 5.56 Å². The molecule has 0 aliphatic rings. The first kappa shape index (κ1) is 12.5. The Balaban J connectivity index is 2.29. The third kappa shape index (κ3) is 2.49. The van der Waals surface area contributed by atoms with Crippen LogP contribution in [0.3, 0.4) is 0 Å². The molecule has 0 spiro atoms. The number of hydrogen-bond acceptors (Lipinski definition) is 4. The van der Waals surface area contributed by atoms with Gasteiger partial charge in [0.15, 0.2) is 0 Å². The zero-order chi connectivity index (χ0) is 13.1. The van der Waals surface area contributed by atoms with Gasteiger partial charge < -0.3 is 10.5 Å². The van der Waals surface area contributed by atoms with Crippen LogP contribution < -0.4 is 10.5 Å². The first-order chi connectivity index (χ1) is 8.61. The van der Waals surface area contributed by atoms with Gasteiger partial charge in [-0.15, -0.1) is 0 Å². The predicted molar refractivity (Wildman–Crippen MR) is 70.7 cm³/mol. The zero-order valence-corrected chi connectivity index (χ0v) is 10.9. The van der Waals surface area contributed by atoms with Gasteiger partial charge in [-0.05, 0) is 38.0 Å². The number of ether oxygens (including phenoxy) is 1. The minimum absolute atomic E-state index is 0.360. The topological polar surface area (TPSA) is 61.0 Å². The molecule has 0 radical (unpaired) electrons. The lowest BCUT2D eigenvalue weighted by Crippen LogP contribution is -2.03. The Morgan fingerprint density at radius 2 is 2.00 bits per heavy atom. The first-order valence-corrected chi connectivity index (χ1v) is 5.88. The second-order valence-electron chi connectivity index (χ2n) is 4.27. The SMILES string of the molecule is Cc1cccc(Oc2ncc(CN)c(C)n2)c1C. The number of nitrogens with zero attached hydrogens (tertiary/aromatic N) is 2. The molecule has 0 saturated heterocycles. The molecule has 0 aliphatic carbocycles. The van der Waals surface area contributed by atoms with Crippen molar-refractivity contribution in [3.63, 3.8) is 0 Å². The van der Waals surface area contributed by atoms with Crippen LogP contribution in [0.4, 0.5) is 0 Å². The van der Waals surface area contributed by atoms with E-state index in [4.69, 9.17) is 10.5 Å². The van der Waals surface area contributed by atoms with Gasteiger partial charge in [-0.3, -0.25) is 0 Å². The molecule has 1 aromatic heterocycles. The average Bonchev–Trinajstić information content (AvgIpc) is 2.35. The van der Waals surface area contributed by atoms with Crippen molar-refractivity contribution in [3.8, 4) is 11.8 Å². The maximum absolute atomic E-state index is 5.71. The lowest BCUT2D eigenvalue weighted by Gasteiger charge is -2.10. The highest BCUT2D eigenvalue weighted by Gasteiger charge is 2.07. The van der Waals surface area contributed by atoms with Gasteiger partial charge in [0.2, 0.25) is 0 Å². The van der Waals surface area contributed by atoms with E-state index in [0.29, 0.717) is 12.6 Å². The third-order valence-corrected chi connectivity index (χ3v) is 3.03. The molecule has 2 aromatic rings. The van der Waals surface area contributed by atoms with Gasteiger partial charge in [0.1, 0.15) is 5.75 Å². The van der Waals surface area contributed by atoms with E-state index in [1.54, 1.807) is 6.20 Å². The minimum atomic E-state index is 0.360. The summed E-state index contributed by atoms with van der Waals surface area (Å²) in [4.78, 5) is 8.46. The summed E-state index contributed by atoms with van der Waals surface area (Å²) in [5.41, 5.74) is 9.65. The van der Waals surface area contributed by atoms with Crippen LogP contribution in [0.1, 0.15) is 22.4 Å². The molecule has 2 N–H and O–H groups in total. The Labute approximate surface area is 107 Å².